The summed E-state index contributed by atoms with van der Waals surface area (Å²) in [6.45, 7) is 10.9. The molecule has 0 fully saturated rings. The molecular formula is C25H35N3O4. The van der Waals surface area contributed by atoms with Crippen LogP contribution < -0.4 is 20.3 Å². The molecule has 0 saturated carbocycles. The largest absolute Gasteiger partial charge is 0.494 e. The number of unbranched alkanes of at least 4 members (excludes halogenated alkanes) is 1. The number of nitrogens with zero attached hydrogens (tertiary/aromatic N) is 1. The Hall–Kier alpha value is -2.93. The molecule has 0 radical (unpaired) electrons. The van der Waals surface area contributed by atoms with Gasteiger partial charge in [-0.1, -0.05) is 34.1 Å². The highest BCUT2D eigenvalue weighted by Crippen LogP contribution is 2.39. The number of hydrazine groups is 2. The standard InChI is InChI=1S/C25H35N3O4/c1-5-8-20-22(14-13-21-23(20)27-28(26-21)17-25(2,3)4)32-16-7-6-15-31-19-11-9-18(10-12-19)24(29)30/h9-14,26-27H,5-8,15-17H2,1-4H3,(H,29,30). The summed E-state index contributed by atoms with van der Waals surface area (Å²) in [7, 11) is 0. The van der Waals surface area contributed by atoms with Crippen molar-refractivity contribution in [2.45, 2.75) is 53.4 Å². The van der Waals surface area contributed by atoms with Gasteiger partial charge in [0.15, 0.2) is 0 Å². The first-order valence-electron chi connectivity index (χ1n) is 11.3. The van der Waals surface area contributed by atoms with Gasteiger partial charge >= 0.3 is 5.97 Å². The van der Waals surface area contributed by atoms with Crippen LogP contribution in [0.15, 0.2) is 36.4 Å². The number of benzene rings is 2. The van der Waals surface area contributed by atoms with Crippen LogP contribution >= 0.6 is 0 Å². The average Bonchev–Trinajstić information content (AvgIpc) is 3.13. The minimum atomic E-state index is -0.935. The van der Waals surface area contributed by atoms with Crippen LogP contribution in [0.1, 0.15) is 62.9 Å². The zero-order valence-corrected chi connectivity index (χ0v) is 19.5. The number of carboxylic acids is 1. The van der Waals surface area contributed by atoms with Crippen molar-refractivity contribution < 1.29 is 19.4 Å². The second-order valence-corrected chi connectivity index (χ2v) is 9.32. The lowest BCUT2D eigenvalue weighted by Gasteiger charge is -2.26. The van der Waals surface area contributed by atoms with Gasteiger partial charge in [0.25, 0.3) is 0 Å². The number of nitrogens with one attached hydrogen (secondary N) is 2. The smallest absolute Gasteiger partial charge is 0.335 e. The number of carboxylic acid groups (broad SMARTS) is 1. The van der Waals surface area contributed by atoms with Gasteiger partial charge in [0.05, 0.1) is 30.2 Å². The van der Waals surface area contributed by atoms with E-state index in [1.807, 2.05) is 5.12 Å². The molecule has 3 N–H and O–H groups in total. The SMILES string of the molecule is CCCc1c(OCCCCOc2ccc(C(=O)O)cc2)ccc2c1NN(CC(C)(C)C)N2. The number of hydrogen-bond acceptors (Lipinski definition) is 6. The van der Waals surface area contributed by atoms with E-state index in [0.29, 0.717) is 19.0 Å². The Balaban J connectivity index is 1.48. The third-order valence-corrected chi connectivity index (χ3v) is 5.07. The van der Waals surface area contributed by atoms with E-state index in [1.54, 1.807) is 24.3 Å². The fourth-order valence-electron chi connectivity index (χ4n) is 3.61. The number of fused-ring (bicyclic) bond motifs is 1. The quantitative estimate of drug-likeness (QED) is 0.392. The van der Waals surface area contributed by atoms with Crippen molar-refractivity contribution in [3.8, 4) is 11.5 Å². The normalized spacial score (nSPS) is 13.2. The Bertz CT molecular complexity index is 907. The fraction of sp³-hybridized carbons (Fsp3) is 0.480. The molecule has 2 aromatic rings. The second kappa shape index (κ2) is 10.6. The number of rotatable bonds is 11. The predicted molar refractivity (Wildman–Crippen MR) is 127 cm³/mol. The summed E-state index contributed by atoms with van der Waals surface area (Å²) in [6, 6.07) is 10.6. The number of aromatic carboxylic acids is 1. The minimum absolute atomic E-state index is 0.173. The van der Waals surface area contributed by atoms with E-state index in [4.69, 9.17) is 14.6 Å². The first-order chi connectivity index (χ1) is 15.3. The zero-order valence-electron chi connectivity index (χ0n) is 19.5. The summed E-state index contributed by atoms with van der Waals surface area (Å²) in [6.07, 6.45) is 3.72. The lowest BCUT2D eigenvalue weighted by atomic mass is 9.97. The molecule has 174 valence electrons. The molecule has 0 amide bonds. The number of anilines is 2. The van der Waals surface area contributed by atoms with Crippen LogP contribution in [0.4, 0.5) is 11.4 Å². The molecule has 0 atom stereocenters. The molecule has 0 aromatic heterocycles. The first kappa shape index (κ1) is 23.7. The summed E-state index contributed by atoms with van der Waals surface area (Å²) >= 11 is 0. The molecule has 0 unspecified atom stereocenters. The Morgan fingerprint density at radius 1 is 1.00 bits per heavy atom. The molecule has 32 heavy (non-hydrogen) atoms. The van der Waals surface area contributed by atoms with Gasteiger partial charge in [-0.3, -0.25) is 10.9 Å². The summed E-state index contributed by atoms with van der Waals surface area (Å²) in [4.78, 5) is 10.9. The molecule has 0 saturated heterocycles. The summed E-state index contributed by atoms with van der Waals surface area (Å²) < 4.78 is 11.8. The third-order valence-electron chi connectivity index (χ3n) is 5.07. The molecule has 1 heterocycles. The lowest BCUT2D eigenvalue weighted by Crippen LogP contribution is -2.37. The first-order valence-corrected chi connectivity index (χ1v) is 11.3. The summed E-state index contributed by atoms with van der Waals surface area (Å²) in [5, 5.41) is 11.0. The van der Waals surface area contributed by atoms with Crippen LogP contribution in [-0.4, -0.2) is 36.0 Å². The monoisotopic (exact) mass is 441 g/mol. The number of carbonyl (C=O) groups is 1. The number of hydrogen-bond donors (Lipinski definition) is 3. The van der Waals surface area contributed by atoms with Crippen molar-refractivity contribution in [1.29, 1.82) is 0 Å². The zero-order chi connectivity index (χ0) is 23.1. The predicted octanol–water partition coefficient (Wildman–Crippen LogP) is 5.59. The maximum Gasteiger partial charge on any atom is 0.335 e. The third kappa shape index (κ3) is 6.53. The van der Waals surface area contributed by atoms with Crippen LogP contribution in [0.2, 0.25) is 0 Å². The Labute approximate surface area is 190 Å². The van der Waals surface area contributed by atoms with E-state index < -0.39 is 5.97 Å². The van der Waals surface area contributed by atoms with Gasteiger partial charge < -0.3 is 14.6 Å². The average molecular weight is 442 g/mol. The molecule has 7 nitrogen and oxygen atoms in total. The van der Waals surface area contributed by atoms with Gasteiger partial charge in [-0.2, -0.15) is 0 Å². The highest BCUT2D eigenvalue weighted by molar-refractivity contribution is 5.87. The number of ether oxygens (including phenoxy) is 2. The lowest BCUT2D eigenvalue weighted by molar-refractivity contribution is 0.0697. The van der Waals surface area contributed by atoms with Crippen LogP contribution in [0.25, 0.3) is 0 Å². The molecule has 0 spiro atoms. The van der Waals surface area contributed by atoms with Crippen LogP contribution in [0, 0.1) is 5.41 Å². The van der Waals surface area contributed by atoms with E-state index >= 15 is 0 Å². The molecule has 0 bridgehead atoms. The summed E-state index contributed by atoms with van der Waals surface area (Å²) in [5.41, 5.74) is 10.8. The Morgan fingerprint density at radius 3 is 2.31 bits per heavy atom. The molecule has 3 rings (SSSR count). The van der Waals surface area contributed by atoms with Crippen molar-refractivity contribution in [2.75, 3.05) is 30.6 Å². The maximum atomic E-state index is 10.9. The van der Waals surface area contributed by atoms with Gasteiger partial charge in [-0.25, -0.2) is 4.79 Å². The molecule has 1 aliphatic rings. The Kier molecular flexibility index (Phi) is 7.85. The fourth-order valence-corrected chi connectivity index (χ4v) is 3.61. The highest BCUT2D eigenvalue weighted by atomic mass is 16.5. The van der Waals surface area contributed by atoms with Crippen LogP contribution in [-0.2, 0) is 6.42 Å². The van der Waals surface area contributed by atoms with Gasteiger partial charge in [-0.15, -0.1) is 5.12 Å². The van der Waals surface area contributed by atoms with Crippen molar-refractivity contribution in [1.82, 2.24) is 5.12 Å². The van der Waals surface area contributed by atoms with Crippen molar-refractivity contribution in [3.05, 3.63) is 47.5 Å². The minimum Gasteiger partial charge on any atom is -0.494 e. The van der Waals surface area contributed by atoms with E-state index in [-0.39, 0.29) is 11.0 Å². The molecule has 0 aliphatic carbocycles. The topological polar surface area (TPSA) is 83.1 Å². The molecular weight excluding hydrogens is 406 g/mol. The highest BCUT2D eigenvalue weighted by Gasteiger charge is 2.26. The van der Waals surface area contributed by atoms with Crippen molar-refractivity contribution >= 4 is 17.3 Å². The summed E-state index contributed by atoms with van der Waals surface area (Å²) in [5.74, 6) is 0.677. The van der Waals surface area contributed by atoms with Crippen LogP contribution in [0.3, 0.4) is 0 Å². The van der Waals surface area contributed by atoms with E-state index in [9.17, 15) is 4.79 Å². The second-order valence-electron chi connectivity index (χ2n) is 9.32. The van der Waals surface area contributed by atoms with Crippen molar-refractivity contribution in [2.24, 2.45) is 5.41 Å². The maximum absolute atomic E-state index is 10.9. The van der Waals surface area contributed by atoms with Gasteiger partial charge in [0, 0.05) is 12.1 Å². The van der Waals surface area contributed by atoms with Gasteiger partial charge in [0.1, 0.15) is 11.5 Å². The van der Waals surface area contributed by atoms with Gasteiger partial charge in [0.2, 0.25) is 0 Å². The van der Waals surface area contributed by atoms with E-state index in [0.717, 1.165) is 49.4 Å². The molecule has 2 aromatic carbocycles. The van der Waals surface area contributed by atoms with Crippen molar-refractivity contribution in [3.63, 3.8) is 0 Å². The van der Waals surface area contributed by atoms with Gasteiger partial charge in [-0.05, 0) is 61.1 Å². The van der Waals surface area contributed by atoms with Crippen LogP contribution in [0.5, 0.6) is 11.5 Å². The van der Waals surface area contributed by atoms with E-state index in [1.165, 1.54) is 5.56 Å². The Morgan fingerprint density at radius 2 is 1.69 bits per heavy atom. The molecule has 7 heteroatoms. The molecule has 1 aliphatic heterocycles. The van der Waals surface area contributed by atoms with E-state index in [2.05, 4.69) is 50.7 Å².